The minimum atomic E-state index is -0.109. The van der Waals surface area contributed by atoms with E-state index in [4.69, 9.17) is 9.47 Å². The lowest BCUT2D eigenvalue weighted by atomic mass is 9.83. The molecule has 6 heteroatoms. The van der Waals surface area contributed by atoms with Gasteiger partial charge in [0, 0.05) is 29.1 Å². The SMILES string of the molecule is COc1ccc2c3c(n(CC4CCCN5CCCCC45)c(=O)c2c1OC)-c1ccccc1C3=O. The minimum absolute atomic E-state index is 0.0282. The predicted molar refractivity (Wildman–Crippen MR) is 132 cm³/mol. The number of nitrogens with zero attached hydrogens (tertiary/aromatic N) is 2. The number of carbonyl (C=O) groups excluding carboxylic acids is 1. The number of rotatable bonds is 4. The molecule has 176 valence electrons. The third kappa shape index (κ3) is 3.04. The molecule has 2 saturated heterocycles. The molecule has 2 fully saturated rings. The summed E-state index contributed by atoms with van der Waals surface area (Å²) in [4.78, 5) is 30.5. The maximum absolute atomic E-state index is 14.2. The van der Waals surface area contributed by atoms with Crippen LogP contribution in [0.4, 0.5) is 0 Å². The molecular weight excluding hydrogens is 428 g/mol. The molecule has 6 nitrogen and oxygen atoms in total. The first-order valence-electron chi connectivity index (χ1n) is 12.3. The van der Waals surface area contributed by atoms with E-state index in [-0.39, 0.29) is 11.3 Å². The molecule has 3 aromatic rings. The summed E-state index contributed by atoms with van der Waals surface area (Å²) < 4.78 is 13.1. The fourth-order valence-corrected chi connectivity index (χ4v) is 6.58. The van der Waals surface area contributed by atoms with Crippen LogP contribution in [0.5, 0.6) is 11.5 Å². The van der Waals surface area contributed by atoms with Gasteiger partial charge in [0.1, 0.15) is 0 Å². The van der Waals surface area contributed by atoms with Crippen molar-refractivity contribution in [3.05, 3.63) is 57.9 Å². The Morgan fingerprint density at radius 2 is 1.71 bits per heavy atom. The molecule has 2 aromatic carbocycles. The average Bonchev–Trinajstić information content (AvgIpc) is 3.18. The lowest BCUT2D eigenvalue weighted by molar-refractivity contribution is 0.0517. The van der Waals surface area contributed by atoms with Gasteiger partial charge in [0.15, 0.2) is 17.3 Å². The Morgan fingerprint density at radius 1 is 0.912 bits per heavy atom. The lowest BCUT2D eigenvalue weighted by Crippen LogP contribution is -2.49. The summed E-state index contributed by atoms with van der Waals surface area (Å²) in [6.45, 7) is 2.91. The van der Waals surface area contributed by atoms with Crippen LogP contribution in [-0.4, -0.2) is 48.6 Å². The van der Waals surface area contributed by atoms with Crippen molar-refractivity contribution in [2.24, 2.45) is 5.92 Å². The highest BCUT2D eigenvalue weighted by Crippen LogP contribution is 2.44. The molecule has 0 saturated carbocycles. The maximum Gasteiger partial charge on any atom is 0.262 e. The first-order chi connectivity index (χ1) is 16.6. The molecule has 0 amide bonds. The maximum atomic E-state index is 14.2. The third-order valence-corrected chi connectivity index (χ3v) is 8.08. The summed E-state index contributed by atoms with van der Waals surface area (Å²) in [7, 11) is 3.11. The lowest BCUT2D eigenvalue weighted by Gasteiger charge is -2.44. The first kappa shape index (κ1) is 21.4. The molecule has 2 aliphatic heterocycles. The Hall–Kier alpha value is -3.12. The van der Waals surface area contributed by atoms with Crippen LogP contribution in [0, 0.1) is 5.92 Å². The Balaban J connectivity index is 1.61. The Morgan fingerprint density at radius 3 is 2.50 bits per heavy atom. The number of methoxy groups -OCH3 is 2. The van der Waals surface area contributed by atoms with Gasteiger partial charge < -0.3 is 18.9 Å². The van der Waals surface area contributed by atoms with Gasteiger partial charge in [-0.1, -0.05) is 30.7 Å². The zero-order valence-corrected chi connectivity index (χ0v) is 19.8. The van der Waals surface area contributed by atoms with Crippen LogP contribution in [-0.2, 0) is 6.54 Å². The van der Waals surface area contributed by atoms with E-state index in [1.54, 1.807) is 20.3 Å². The number of hydrogen-bond acceptors (Lipinski definition) is 5. The molecule has 0 bridgehead atoms. The standard InChI is InChI=1S/C28H30N2O4/c1-33-22-13-12-20-23-25(18-9-3-4-10-19(18)26(23)31)30(28(32)24(20)27(22)34-2)16-17-8-7-15-29-14-6-5-11-21(17)29/h3-4,9-10,12-13,17,21H,5-8,11,14-16H2,1-2H3. The van der Waals surface area contributed by atoms with Crippen molar-refractivity contribution in [3.8, 4) is 22.8 Å². The van der Waals surface area contributed by atoms with Gasteiger partial charge in [0.2, 0.25) is 0 Å². The van der Waals surface area contributed by atoms with E-state index in [0.717, 1.165) is 37.2 Å². The van der Waals surface area contributed by atoms with Crippen molar-refractivity contribution in [1.82, 2.24) is 9.47 Å². The number of carbonyl (C=O) groups is 1. The van der Waals surface area contributed by atoms with Crippen LogP contribution in [0.15, 0.2) is 41.2 Å². The van der Waals surface area contributed by atoms with Crippen molar-refractivity contribution in [2.75, 3.05) is 27.3 Å². The normalized spacial score (nSPS) is 21.8. The number of fused-ring (bicyclic) bond motifs is 6. The van der Waals surface area contributed by atoms with Gasteiger partial charge in [-0.25, -0.2) is 0 Å². The molecule has 0 N–H and O–H groups in total. The van der Waals surface area contributed by atoms with E-state index in [0.29, 0.717) is 51.9 Å². The van der Waals surface area contributed by atoms with Gasteiger partial charge in [-0.05, 0) is 56.8 Å². The molecule has 1 aromatic heterocycles. The van der Waals surface area contributed by atoms with Crippen LogP contribution < -0.4 is 15.0 Å². The first-order valence-corrected chi connectivity index (χ1v) is 12.3. The summed E-state index contributed by atoms with van der Waals surface area (Å²) in [6, 6.07) is 11.8. The van der Waals surface area contributed by atoms with Gasteiger partial charge in [0.05, 0.1) is 30.9 Å². The molecule has 1 aliphatic carbocycles. The van der Waals surface area contributed by atoms with Gasteiger partial charge in [-0.2, -0.15) is 0 Å². The number of aromatic nitrogens is 1. The molecule has 0 radical (unpaired) electrons. The molecule has 2 atom stereocenters. The Kier molecular flexibility index (Phi) is 5.21. The summed E-state index contributed by atoms with van der Waals surface area (Å²) >= 11 is 0. The number of piperidine rings is 2. The molecule has 34 heavy (non-hydrogen) atoms. The fraction of sp³-hybridized carbons (Fsp3) is 0.429. The number of benzene rings is 2. The molecule has 3 aliphatic rings. The molecule has 2 unspecified atom stereocenters. The van der Waals surface area contributed by atoms with Gasteiger partial charge >= 0.3 is 0 Å². The van der Waals surface area contributed by atoms with E-state index < -0.39 is 0 Å². The van der Waals surface area contributed by atoms with Gasteiger partial charge in [-0.15, -0.1) is 0 Å². The zero-order valence-electron chi connectivity index (χ0n) is 19.8. The fourth-order valence-electron chi connectivity index (χ4n) is 6.58. The van der Waals surface area contributed by atoms with Crippen molar-refractivity contribution in [1.29, 1.82) is 0 Å². The molecule has 0 spiro atoms. The van der Waals surface area contributed by atoms with Crippen molar-refractivity contribution >= 4 is 16.6 Å². The number of pyridine rings is 1. The Bertz CT molecular complexity index is 1360. The van der Waals surface area contributed by atoms with Crippen LogP contribution in [0.3, 0.4) is 0 Å². The van der Waals surface area contributed by atoms with Crippen molar-refractivity contribution < 1.29 is 14.3 Å². The van der Waals surface area contributed by atoms with Gasteiger partial charge in [0.25, 0.3) is 5.56 Å². The van der Waals surface area contributed by atoms with Crippen LogP contribution >= 0.6 is 0 Å². The summed E-state index contributed by atoms with van der Waals surface area (Å²) in [6.07, 6.45) is 5.94. The highest BCUT2D eigenvalue weighted by molar-refractivity contribution is 6.27. The van der Waals surface area contributed by atoms with E-state index >= 15 is 0 Å². The summed E-state index contributed by atoms with van der Waals surface area (Å²) in [5, 5.41) is 1.07. The van der Waals surface area contributed by atoms with Crippen LogP contribution in [0.2, 0.25) is 0 Å². The van der Waals surface area contributed by atoms with Gasteiger partial charge in [-0.3, -0.25) is 9.59 Å². The van der Waals surface area contributed by atoms with Crippen molar-refractivity contribution in [2.45, 2.75) is 44.7 Å². The quantitative estimate of drug-likeness (QED) is 0.451. The van der Waals surface area contributed by atoms with E-state index in [1.165, 1.54) is 19.3 Å². The van der Waals surface area contributed by atoms with E-state index in [2.05, 4.69) is 4.90 Å². The predicted octanol–water partition coefficient (Wildman–Crippen LogP) is 4.49. The zero-order chi connectivity index (χ0) is 23.4. The topological polar surface area (TPSA) is 60.8 Å². The monoisotopic (exact) mass is 458 g/mol. The number of ketones is 1. The van der Waals surface area contributed by atoms with E-state index in [1.807, 2.05) is 34.9 Å². The Labute approximate surface area is 199 Å². The average molecular weight is 459 g/mol. The van der Waals surface area contributed by atoms with Crippen LogP contribution in [0.1, 0.15) is 48.0 Å². The second kappa shape index (κ2) is 8.27. The highest BCUT2D eigenvalue weighted by Gasteiger charge is 2.37. The van der Waals surface area contributed by atoms with Crippen LogP contribution in [0.25, 0.3) is 22.0 Å². The highest BCUT2D eigenvalue weighted by atomic mass is 16.5. The smallest absolute Gasteiger partial charge is 0.262 e. The summed E-state index contributed by atoms with van der Waals surface area (Å²) in [5.74, 6) is 1.25. The number of hydrogen-bond donors (Lipinski definition) is 0. The minimum Gasteiger partial charge on any atom is -0.493 e. The molecular formula is C28H30N2O4. The largest absolute Gasteiger partial charge is 0.493 e. The second-order valence-electron chi connectivity index (χ2n) is 9.74. The van der Waals surface area contributed by atoms with Crippen molar-refractivity contribution in [3.63, 3.8) is 0 Å². The second-order valence-corrected chi connectivity index (χ2v) is 9.74. The number of ether oxygens (including phenoxy) is 2. The van der Waals surface area contributed by atoms with E-state index in [9.17, 15) is 9.59 Å². The third-order valence-electron chi connectivity index (χ3n) is 8.08. The summed E-state index contributed by atoms with van der Waals surface area (Å²) in [5.41, 5.74) is 2.77. The molecule has 6 rings (SSSR count). The molecule has 3 heterocycles.